The Hall–Kier alpha value is -2.93. The molecule has 0 saturated carbocycles. The molecule has 0 fully saturated rings. The molecule has 0 aliphatic heterocycles. The van der Waals surface area contributed by atoms with Crippen LogP contribution < -0.4 is 10.9 Å². The number of benzene rings is 2. The van der Waals surface area contributed by atoms with Crippen LogP contribution in [0, 0.1) is 0 Å². The number of hydrogen-bond donors (Lipinski definition) is 2. The largest absolute Gasteiger partial charge is 0.350 e. The average Bonchev–Trinajstić information content (AvgIpc) is 2.96. The Balaban J connectivity index is 1.71. The van der Waals surface area contributed by atoms with Crippen LogP contribution in [0.25, 0.3) is 10.9 Å². The molecule has 0 unspecified atom stereocenters. The predicted molar refractivity (Wildman–Crippen MR) is 102 cm³/mol. The van der Waals surface area contributed by atoms with Gasteiger partial charge in [0.15, 0.2) is 0 Å². The lowest BCUT2D eigenvalue weighted by Gasteiger charge is -2.08. The fraction of sp³-hybridized carbons (Fsp3) is 0.158. The van der Waals surface area contributed by atoms with Crippen molar-refractivity contribution in [2.24, 2.45) is 7.05 Å². The number of nitrogens with one attached hydrogen (secondary N) is 2. The zero-order valence-electron chi connectivity index (χ0n) is 14.5. The lowest BCUT2D eigenvalue weighted by atomic mass is 10.1. The molecule has 6 nitrogen and oxygen atoms in total. The Morgan fingerprint density at radius 1 is 1.04 bits per heavy atom. The Morgan fingerprint density at radius 2 is 1.77 bits per heavy atom. The summed E-state index contributed by atoms with van der Waals surface area (Å²) < 4.78 is 13.2. The normalized spacial score (nSPS) is 11.9. The smallest absolute Gasteiger partial charge is 0.271 e. The van der Waals surface area contributed by atoms with Crippen molar-refractivity contribution in [3.05, 3.63) is 71.4 Å². The Kier molecular flexibility index (Phi) is 5.18. The number of para-hydroxylation sites is 1. The van der Waals surface area contributed by atoms with Crippen molar-refractivity contribution >= 4 is 33.5 Å². The molecular weight excluding hydrogens is 350 g/mol. The zero-order valence-corrected chi connectivity index (χ0v) is 15.3. The maximum Gasteiger partial charge on any atom is 0.271 e. The van der Waals surface area contributed by atoms with Crippen LogP contribution in [0.4, 0.5) is 0 Å². The highest BCUT2D eigenvalue weighted by atomic mass is 32.2. The van der Waals surface area contributed by atoms with Gasteiger partial charge in [-0.2, -0.15) is 0 Å². The zero-order chi connectivity index (χ0) is 18.7. The van der Waals surface area contributed by atoms with Gasteiger partial charge in [-0.05, 0) is 23.8 Å². The van der Waals surface area contributed by atoms with Crippen molar-refractivity contribution in [3.8, 4) is 0 Å². The molecule has 2 N–H and O–H groups in total. The molecule has 3 aromatic rings. The van der Waals surface area contributed by atoms with Crippen LogP contribution in [0.1, 0.15) is 26.3 Å². The van der Waals surface area contributed by atoms with Gasteiger partial charge in [0.2, 0.25) is 0 Å². The van der Waals surface area contributed by atoms with E-state index in [1.165, 1.54) is 0 Å². The number of nitrogens with zero attached hydrogens (tertiary/aromatic N) is 1. The SMILES string of the molecule is Cn1cc(C(=O)NNC(=O)c2cccc(C[S@](C)=O)c2)c2ccccc21. The highest BCUT2D eigenvalue weighted by molar-refractivity contribution is 7.83. The molecular formula is C19H19N3O3S. The first kappa shape index (κ1) is 17.9. The minimum absolute atomic E-state index is 0.378. The van der Waals surface area contributed by atoms with Gasteiger partial charge < -0.3 is 4.57 Å². The molecule has 0 spiro atoms. The van der Waals surface area contributed by atoms with Gasteiger partial charge in [-0.25, -0.2) is 0 Å². The van der Waals surface area contributed by atoms with E-state index in [9.17, 15) is 13.8 Å². The Morgan fingerprint density at radius 3 is 2.54 bits per heavy atom. The molecule has 0 bridgehead atoms. The van der Waals surface area contributed by atoms with E-state index >= 15 is 0 Å². The van der Waals surface area contributed by atoms with Crippen LogP contribution in [-0.2, 0) is 23.6 Å². The van der Waals surface area contributed by atoms with E-state index in [4.69, 9.17) is 0 Å². The van der Waals surface area contributed by atoms with Gasteiger partial charge >= 0.3 is 0 Å². The topological polar surface area (TPSA) is 80.2 Å². The first-order chi connectivity index (χ1) is 12.5. The molecule has 0 radical (unpaired) electrons. The standard InChI is InChI=1S/C19H19N3O3S/c1-22-11-16(15-8-3-4-9-17(15)22)19(24)21-20-18(23)14-7-5-6-13(10-14)12-26(2)25/h3-11H,12H2,1-2H3,(H,20,23)(H,21,24)/t26-/m0/s1. The molecule has 134 valence electrons. The number of hydrogen-bond acceptors (Lipinski definition) is 3. The van der Waals surface area contributed by atoms with Crippen molar-refractivity contribution in [3.63, 3.8) is 0 Å². The number of rotatable bonds is 4. The number of carbonyl (C=O) groups is 2. The number of aryl methyl sites for hydroxylation is 1. The predicted octanol–water partition coefficient (Wildman–Crippen LogP) is 2.13. The van der Waals surface area contributed by atoms with Crippen molar-refractivity contribution in [1.29, 1.82) is 0 Å². The van der Waals surface area contributed by atoms with E-state index in [2.05, 4.69) is 10.9 Å². The van der Waals surface area contributed by atoms with Gasteiger partial charge in [-0.15, -0.1) is 0 Å². The Bertz CT molecular complexity index is 1010. The number of amides is 2. The van der Waals surface area contributed by atoms with Gasteiger partial charge in [-0.3, -0.25) is 24.6 Å². The highest BCUT2D eigenvalue weighted by Gasteiger charge is 2.15. The van der Waals surface area contributed by atoms with Crippen LogP contribution in [0.15, 0.2) is 54.7 Å². The van der Waals surface area contributed by atoms with Gasteiger partial charge in [0.05, 0.1) is 5.56 Å². The van der Waals surface area contributed by atoms with Crippen LogP contribution in [0.2, 0.25) is 0 Å². The molecule has 0 saturated heterocycles. The summed E-state index contributed by atoms with van der Waals surface area (Å²) in [5.74, 6) is -0.438. The molecule has 1 aromatic heterocycles. The second-order valence-corrected chi connectivity index (χ2v) is 7.43. The van der Waals surface area contributed by atoms with E-state index in [1.54, 1.807) is 30.7 Å². The average molecular weight is 369 g/mol. The second kappa shape index (κ2) is 7.53. The number of carbonyl (C=O) groups excluding carboxylic acids is 2. The van der Waals surface area contributed by atoms with Crippen molar-refractivity contribution in [1.82, 2.24) is 15.4 Å². The van der Waals surface area contributed by atoms with Crippen molar-refractivity contribution < 1.29 is 13.8 Å². The molecule has 0 aliphatic rings. The molecule has 0 aliphatic carbocycles. The van der Waals surface area contributed by atoms with Gasteiger partial charge in [0.25, 0.3) is 11.8 Å². The summed E-state index contributed by atoms with van der Waals surface area (Å²) >= 11 is 0. The first-order valence-electron chi connectivity index (χ1n) is 7.99. The molecule has 1 atom stereocenters. The maximum absolute atomic E-state index is 12.4. The minimum atomic E-state index is -0.989. The number of aromatic nitrogens is 1. The fourth-order valence-corrected chi connectivity index (χ4v) is 3.46. The molecule has 26 heavy (non-hydrogen) atoms. The quantitative estimate of drug-likeness (QED) is 0.692. The summed E-state index contributed by atoms with van der Waals surface area (Å²) in [5, 5.41) is 0.814. The fourth-order valence-electron chi connectivity index (χ4n) is 2.81. The maximum atomic E-state index is 12.4. The van der Waals surface area contributed by atoms with E-state index in [0.717, 1.165) is 16.5 Å². The molecule has 1 heterocycles. The highest BCUT2D eigenvalue weighted by Crippen LogP contribution is 2.19. The van der Waals surface area contributed by atoms with Crippen molar-refractivity contribution in [2.45, 2.75) is 5.75 Å². The van der Waals surface area contributed by atoms with E-state index in [0.29, 0.717) is 16.9 Å². The summed E-state index contributed by atoms with van der Waals surface area (Å²) in [6.07, 6.45) is 3.33. The Labute approximate surface area is 153 Å². The van der Waals surface area contributed by atoms with Gasteiger partial charge in [0.1, 0.15) is 0 Å². The number of fused-ring (bicyclic) bond motifs is 1. The molecule has 2 amide bonds. The van der Waals surface area contributed by atoms with Crippen LogP contribution in [0.3, 0.4) is 0 Å². The van der Waals surface area contributed by atoms with E-state index in [1.807, 2.05) is 41.9 Å². The van der Waals surface area contributed by atoms with Gasteiger partial charge in [-0.1, -0.05) is 30.3 Å². The lowest BCUT2D eigenvalue weighted by molar-refractivity contribution is 0.0847. The van der Waals surface area contributed by atoms with Crippen LogP contribution >= 0.6 is 0 Å². The number of hydrazine groups is 1. The van der Waals surface area contributed by atoms with Gasteiger partial charge in [0, 0.05) is 52.5 Å². The van der Waals surface area contributed by atoms with Crippen molar-refractivity contribution in [2.75, 3.05) is 6.26 Å². The van der Waals surface area contributed by atoms with E-state index < -0.39 is 16.7 Å². The molecule has 7 heteroatoms. The first-order valence-corrected chi connectivity index (χ1v) is 9.72. The summed E-state index contributed by atoms with van der Waals surface area (Å²) in [4.78, 5) is 24.7. The van der Waals surface area contributed by atoms with Crippen LogP contribution in [-0.4, -0.2) is 26.8 Å². The van der Waals surface area contributed by atoms with E-state index in [-0.39, 0.29) is 5.91 Å². The monoisotopic (exact) mass is 369 g/mol. The summed E-state index contributed by atoms with van der Waals surface area (Å²) in [7, 11) is 0.873. The van der Waals surface area contributed by atoms with Crippen LogP contribution in [0.5, 0.6) is 0 Å². The summed E-state index contributed by atoms with van der Waals surface area (Å²) in [5.41, 5.74) is 7.50. The lowest BCUT2D eigenvalue weighted by Crippen LogP contribution is -2.41. The molecule has 3 rings (SSSR count). The summed E-state index contributed by atoms with van der Waals surface area (Å²) in [6, 6.07) is 14.4. The molecule has 2 aromatic carbocycles. The second-order valence-electron chi connectivity index (χ2n) is 6.00. The third kappa shape index (κ3) is 3.83. The summed E-state index contributed by atoms with van der Waals surface area (Å²) in [6.45, 7) is 0. The minimum Gasteiger partial charge on any atom is -0.350 e. The third-order valence-corrected chi connectivity index (χ3v) is 4.73. The third-order valence-electron chi connectivity index (χ3n) is 3.99.